The molecule has 0 aliphatic heterocycles. The second kappa shape index (κ2) is 8.15. The summed E-state index contributed by atoms with van der Waals surface area (Å²) in [6, 6.07) is 18.1. The Kier molecular flexibility index (Phi) is 5.46. The number of nitrogens with one attached hydrogen (secondary N) is 2. The minimum atomic E-state index is 0.771. The molecule has 0 amide bonds. The van der Waals surface area contributed by atoms with Crippen LogP contribution in [0.5, 0.6) is 5.75 Å². The van der Waals surface area contributed by atoms with Crippen molar-refractivity contribution in [1.82, 2.24) is 9.97 Å². The largest absolute Gasteiger partial charge is 0.497 e. The highest BCUT2D eigenvalue weighted by Gasteiger charge is 2.02. The molecular weight excluding hydrogens is 312 g/mol. The van der Waals surface area contributed by atoms with E-state index in [2.05, 4.69) is 39.7 Å². The van der Waals surface area contributed by atoms with Crippen molar-refractivity contribution < 1.29 is 4.74 Å². The molecule has 0 saturated carbocycles. The third-order valence-electron chi connectivity index (χ3n) is 3.93. The van der Waals surface area contributed by atoms with Crippen molar-refractivity contribution in [2.75, 3.05) is 24.3 Å². The normalized spacial score (nSPS) is 10.3. The number of ether oxygens (including phenoxy) is 1. The van der Waals surface area contributed by atoms with Crippen LogP contribution >= 0.6 is 0 Å². The molecule has 3 aromatic rings. The van der Waals surface area contributed by atoms with Crippen LogP contribution in [0, 0.1) is 6.92 Å². The molecule has 0 aliphatic carbocycles. The Bertz CT molecular complexity index is 835. The summed E-state index contributed by atoms with van der Waals surface area (Å²) in [6.45, 7) is 2.85. The first kappa shape index (κ1) is 16.8. The third kappa shape index (κ3) is 4.70. The standard InChI is InChI=1S/C20H22N4O/c1-15-6-3-4-9-18(15)24-20-13-19(22-14-23-20)21-11-10-16-7-5-8-17(12-16)25-2/h3-9,12-14H,10-11H2,1-2H3,(H2,21,22,23,24). The Balaban J connectivity index is 1.59. The van der Waals surface area contributed by atoms with Crippen molar-refractivity contribution in [3.63, 3.8) is 0 Å². The number of benzene rings is 2. The fraction of sp³-hybridized carbons (Fsp3) is 0.200. The van der Waals surface area contributed by atoms with Gasteiger partial charge in [-0.3, -0.25) is 0 Å². The lowest BCUT2D eigenvalue weighted by molar-refractivity contribution is 0.414. The lowest BCUT2D eigenvalue weighted by atomic mass is 10.1. The number of methoxy groups -OCH3 is 1. The van der Waals surface area contributed by atoms with Gasteiger partial charge in [0.1, 0.15) is 23.7 Å². The van der Waals surface area contributed by atoms with E-state index in [1.54, 1.807) is 13.4 Å². The van der Waals surface area contributed by atoms with Crippen LogP contribution < -0.4 is 15.4 Å². The number of aryl methyl sites for hydroxylation is 1. The number of nitrogens with zero attached hydrogens (tertiary/aromatic N) is 2. The molecule has 1 heterocycles. The molecule has 0 saturated heterocycles. The zero-order valence-electron chi connectivity index (χ0n) is 14.5. The van der Waals surface area contributed by atoms with Crippen LogP contribution in [0.2, 0.25) is 0 Å². The Labute approximate surface area is 148 Å². The SMILES string of the molecule is COc1cccc(CCNc2cc(Nc3ccccc3C)ncn2)c1. The molecular formula is C20H22N4O. The quantitative estimate of drug-likeness (QED) is 0.678. The second-order valence-electron chi connectivity index (χ2n) is 5.76. The van der Waals surface area contributed by atoms with Gasteiger partial charge in [0.25, 0.3) is 0 Å². The van der Waals surface area contributed by atoms with Crippen LogP contribution in [-0.4, -0.2) is 23.6 Å². The lowest BCUT2D eigenvalue weighted by Crippen LogP contribution is -2.07. The minimum Gasteiger partial charge on any atom is -0.497 e. The topological polar surface area (TPSA) is 59.1 Å². The summed E-state index contributed by atoms with van der Waals surface area (Å²) in [7, 11) is 1.68. The molecule has 2 N–H and O–H groups in total. The highest BCUT2D eigenvalue weighted by molar-refractivity contribution is 5.61. The first-order valence-corrected chi connectivity index (χ1v) is 8.26. The van der Waals surface area contributed by atoms with Gasteiger partial charge in [-0.05, 0) is 42.7 Å². The summed E-state index contributed by atoms with van der Waals surface area (Å²) in [5.74, 6) is 2.45. The van der Waals surface area contributed by atoms with Gasteiger partial charge in [0.2, 0.25) is 0 Å². The van der Waals surface area contributed by atoms with Crippen LogP contribution in [0.1, 0.15) is 11.1 Å². The first-order valence-electron chi connectivity index (χ1n) is 8.26. The molecule has 1 aromatic heterocycles. The van der Waals surface area contributed by atoms with E-state index < -0.39 is 0 Å². The van der Waals surface area contributed by atoms with E-state index in [4.69, 9.17) is 4.74 Å². The number of aromatic nitrogens is 2. The van der Waals surface area contributed by atoms with Crippen molar-refractivity contribution in [3.05, 3.63) is 72.1 Å². The number of rotatable bonds is 7. The molecule has 3 rings (SSSR count). The summed E-state index contributed by atoms with van der Waals surface area (Å²) in [5.41, 5.74) is 3.44. The zero-order valence-corrected chi connectivity index (χ0v) is 14.5. The maximum atomic E-state index is 5.25. The summed E-state index contributed by atoms with van der Waals surface area (Å²) in [5, 5.41) is 6.67. The number of anilines is 3. The average Bonchev–Trinajstić information content (AvgIpc) is 2.64. The number of hydrogen-bond acceptors (Lipinski definition) is 5. The zero-order chi connectivity index (χ0) is 17.5. The molecule has 0 spiro atoms. The maximum Gasteiger partial charge on any atom is 0.135 e. The predicted octanol–water partition coefficient (Wildman–Crippen LogP) is 4.19. The van der Waals surface area contributed by atoms with Gasteiger partial charge in [-0.15, -0.1) is 0 Å². The molecule has 0 atom stereocenters. The Morgan fingerprint density at radius 2 is 1.80 bits per heavy atom. The van der Waals surface area contributed by atoms with E-state index in [1.807, 2.05) is 42.5 Å². The van der Waals surface area contributed by atoms with E-state index in [9.17, 15) is 0 Å². The summed E-state index contributed by atoms with van der Waals surface area (Å²) in [4.78, 5) is 8.57. The lowest BCUT2D eigenvalue weighted by Gasteiger charge is -2.10. The summed E-state index contributed by atoms with van der Waals surface area (Å²) < 4.78 is 5.25. The molecule has 5 nitrogen and oxygen atoms in total. The molecule has 0 aliphatic rings. The fourth-order valence-corrected chi connectivity index (χ4v) is 2.54. The smallest absolute Gasteiger partial charge is 0.135 e. The Morgan fingerprint density at radius 1 is 0.960 bits per heavy atom. The molecule has 2 aromatic carbocycles. The van der Waals surface area contributed by atoms with Gasteiger partial charge in [0.05, 0.1) is 7.11 Å². The molecule has 0 radical (unpaired) electrons. The van der Waals surface area contributed by atoms with E-state index in [1.165, 1.54) is 11.1 Å². The van der Waals surface area contributed by atoms with Crippen molar-refractivity contribution in [1.29, 1.82) is 0 Å². The van der Waals surface area contributed by atoms with Gasteiger partial charge < -0.3 is 15.4 Å². The molecule has 0 fully saturated rings. The third-order valence-corrected chi connectivity index (χ3v) is 3.93. The van der Waals surface area contributed by atoms with Gasteiger partial charge in [0, 0.05) is 18.3 Å². The van der Waals surface area contributed by atoms with Gasteiger partial charge >= 0.3 is 0 Å². The van der Waals surface area contributed by atoms with Crippen molar-refractivity contribution >= 4 is 17.3 Å². The maximum absolute atomic E-state index is 5.25. The first-order chi connectivity index (χ1) is 12.2. The average molecular weight is 334 g/mol. The molecule has 0 bridgehead atoms. The van der Waals surface area contributed by atoms with Gasteiger partial charge in [0.15, 0.2) is 0 Å². The van der Waals surface area contributed by atoms with E-state index in [0.717, 1.165) is 36.0 Å². The van der Waals surface area contributed by atoms with Crippen molar-refractivity contribution in [3.8, 4) is 5.75 Å². The van der Waals surface area contributed by atoms with Crippen LogP contribution in [0.3, 0.4) is 0 Å². The van der Waals surface area contributed by atoms with Gasteiger partial charge in [-0.2, -0.15) is 0 Å². The number of hydrogen-bond donors (Lipinski definition) is 2. The Hall–Kier alpha value is -3.08. The van der Waals surface area contributed by atoms with Gasteiger partial charge in [-0.25, -0.2) is 9.97 Å². The predicted molar refractivity (Wildman–Crippen MR) is 102 cm³/mol. The summed E-state index contributed by atoms with van der Waals surface area (Å²) >= 11 is 0. The minimum absolute atomic E-state index is 0.771. The number of para-hydroxylation sites is 1. The van der Waals surface area contributed by atoms with Crippen LogP contribution in [-0.2, 0) is 6.42 Å². The fourth-order valence-electron chi connectivity index (χ4n) is 2.54. The van der Waals surface area contributed by atoms with Crippen molar-refractivity contribution in [2.45, 2.75) is 13.3 Å². The monoisotopic (exact) mass is 334 g/mol. The highest BCUT2D eigenvalue weighted by Crippen LogP contribution is 2.19. The Morgan fingerprint density at radius 3 is 2.64 bits per heavy atom. The van der Waals surface area contributed by atoms with Gasteiger partial charge in [-0.1, -0.05) is 30.3 Å². The van der Waals surface area contributed by atoms with E-state index in [-0.39, 0.29) is 0 Å². The summed E-state index contributed by atoms with van der Waals surface area (Å²) in [6.07, 6.45) is 2.45. The van der Waals surface area contributed by atoms with Crippen LogP contribution in [0.25, 0.3) is 0 Å². The van der Waals surface area contributed by atoms with Crippen LogP contribution in [0.4, 0.5) is 17.3 Å². The second-order valence-corrected chi connectivity index (χ2v) is 5.76. The molecule has 128 valence electrons. The van der Waals surface area contributed by atoms with Crippen molar-refractivity contribution in [2.24, 2.45) is 0 Å². The van der Waals surface area contributed by atoms with Crippen LogP contribution in [0.15, 0.2) is 60.9 Å². The highest BCUT2D eigenvalue weighted by atomic mass is 16.5. The van der Waals surface area contributed by atoms with E-state index in [0.29, 0.717) is 0 Å². The molecule has 0 unspecified atom stereocenters. The van der Waals surface area contributed by atoms with E-state index >= 15 is 0 Å². The molecule has 25 heavy (non-hydrogen) atoms. The molecule has 5 heteroatoms.